The van der Waals surface area contributed by atoms with Gasteiger partial charge in [0, 0.05) is 34.0 Å². The Balaban J connectivity index is 1.18. The van der Waals surface area contributed by atoms with Gasteiger partial charge in [0.2, 0.25) is 5.60 Å². The minimum Gasteiger partial charge on any atom is -0.488 e. The number of benzene rings is 3. The van der Waals surface area contributed by atoms with E-state index in [1.165, 1.54) is 16.7 Å². The molecule has 2 atom stereocenters. The molecule has 14 nitrogen and oxygen atoms in total. The Bertz CT molecular complexity index is 2490. The summed E-state index contributed by atoms with van der Waals surface area (Å²) in [5.41, 5.74) is 7.54. The topological polar surface area (TPSA) is 185 Å². The fourth-order valence-corrected chi connectivity index (χ4v) is 8.99. The van der Waals surface area contributed by atoms with Crippen LogP contribution < -0.4 is 15.8 Å². The molecule has 2 amide bonds. The van der Waals surface area contributed by atoms with Crippen LogP contribution in [0, 0.1) is 5.92 Å². The molecule has 1 fully saturated rings. The van der Waals surface area contributed by atoms with Crippen molar-refractivity contribution in [2.75, 3.05) is 31.3 Å². The number of aromatic nitrogens is 2. The Hall–Kier alpha value is -7.04. The van der Waals surface area contributed by atoms with Crippen molar-refractivity contribution in [2.45, 2.75) is 44.2 Å². The fourth-order valence-electron chi connectivity index (χ4n) is 7.12. The van der Waals surface area contributed by atoms with Crippen LogP contribution in [0.3, 0.4) is 0 Å². The van der Waals surface area contributed by atoms with Crippen LogP contribution in [0.2, 0.25) is 0 Å². The second-order valence-corrected chi connectivity index (χ2v) is 17.2. The van der Waals surface area contributed by atoms with Crippen molar-refractivity contribution in [3.05, 3.63) is 178 Å². The first-order chi connectivity index (χ1) is 31.6. The van der Waals surface area contributed by atoms with Crippen LogP contribution in [0.1, 0.15) is 49.6 Å². The summed E-state index contributed by atoms with van der Waals surface area (Å²) < 4.78 is 16.9. The van der Waals surface area contributed by atoms with Crippen LogP contribution in [0.4, 0.5) is 5.13 Å². The van der Waals surface area contributed by atoms with Crippen molar-refractivity contribution in [1.82, 2.24) is 20.2 Å². The van der Waals surface area contributed by atoms with Gasteiger partial charge in [0.15, 0.2) is 10.8 Å². The second-order valence-electron chi connectivity index (χ2n) is 15.2. The molecule has 3 N–H and O–H groups in total. The van der Waals surface area contributed by atoms with Gasteiger partial charge in [-0.2, -0.15) is 0 Å². The zero-order valence-electron chi connectivity index (χ0n) is 36.0. The molecule has 16 heteroatoms. The van der Waals surface area contributed by atoms with Gasteiger partial charge in [-0.25, -0.2) is 14.6 Å². The van der Waals surface area contributed by atoms with Crippen LogP contribution in [0.15, 0.2) is 161 Å². The molecular weight excluding hydrogens is 865 g/mol. The van der Waals surface area contributed by atoms with Gasteiger partial charge in [-0.15, -0.1) is 23.1 Å². The van der Waals surface area contributed by atoms with E-state index in [-0.39, 0.29) is 59.3 Å². The number of esters is 2. The number of ether oxygens (including phenoxy) is 3. The first kappa shape index (κ1) is 46.0. The predicted octanol–water partition coefficient (Wildman–Crippen LogP) is 7.20. The van der Waals surface area contributed by atoms with E-state index in [1.54, 1.807) is 48.1 Å². The number of carbonyl (C=O) groups is 4. The number of anilines is 1. The minimum atomic E-state index is -1.33. The Labute approximate surface area is 385 Å². The van der Waals surface area contributed by atoms with Gasteiger partial charge < -0.3 is 30.1 Å². The Morgan fingerprint density at radius 3 is 2.18 bits per heavy atom. The molecule has 0 unspecified atom stereocenters. The van der Waals surface area contributed by atoms with E-state index in [0.29, 0.717) is 17.7 Å². The monoisotopic (exact) mass is 912 g/mol. The quantitative estimate of drug-likeness (QED) is 0.0212. The summed E-state index contributed by atoms with van der Waals surface area (Å²) in [5.74, 6) is -1.81. The number of nitrogens with two attached hydrogens (primary N) is 1. The zero-order chi connectivity index (χ0) is 45.8. The maximum absolute atomic E-state index is 14.5. The molecule has 2 aliphatic rings. The highest BCUT2D eigenvalue weighted by Crippen LogP contribution is 2.42. The number of nitrogens with zero attached hydrogens (tertiary/aromatic N) is 4. The van der Waals surface area contributed by atoms with E-state index < -0.39 is 40.8 Å². The van der Waals surface area contributed by atoms with Crippen molar-refractivity contribution >= 4 is 57.7 Å². The van der Waals surface area contributed by atoms with E-state index in [2.05, 4.69) is 20.4 Å². The Morgan fingerprint density at radius 1 is 0.954 bits per heavy atom. The maximum Gasteiger partial charge on any atom is 0.355 e. The number of nitrogens with one attached hydrogen (secondary N) is 1. The number of amides is 2. The van der Waals surface area contributed by atoms with Gasteiger partial charge in [-0.1, -0.05) is 129 Å². The van der Waals surface area contributed by atoms with E-state index in [1.807, 2.05) is 112 Å². The first-order valence-electron chi connectivity index (χ1n) is 21.0. The average Bonchev–Trinajstić information content (AvgIpc) is 3.77. The molecule has 0 saturated carbocycles. The SMILES string of the molecule is CC/C=C(\COC(=O)C1=C(/C=C\COc2cccnc2)CS[C@@H]2[C@H](NC(=O)C(=NOC(c3ccccc3)(c3ccccc3)c3ccccc3)c3csc(N)n3)C(=O)N12)C(=O)OCC(C)C. The lowest BCUT2D eigenvalue weighted by atomic mass is 9.80. The number of carbonyl (C=O) groups excluding carboxylic acids is 4. The van der Waals surface area contributed by atoms with Crippen LogP contribution in [0.25, 0.3) is 0 Å². The van der Waals surface area contributed by atoms with Gasteiger partial charge in [-0.3, -0.25) is 19.5 Å². The van der Waals surface area contributed by atoms with Gasteiger partial charge in [0.05, 0.1) is 18.4 Å². The lowest BCUT2D eigenvalue weighted by molar-refractivity contribution is -0.152. The number of oxime groups is 1. The predicted molar refractivity (Wildman–Crippen MR) is 249 cm³/mol. The molecule has 2 aliphatic heterocycles. The smallest absolute Gasteiger partial charge is 0.355 e. The highest BCUT2D eigenvalue weighted by Gasteiger charge is 2.54. The number of pyridine rings is 1. The summed E-state index contributed by atoms with van der Waals surface area (Å²) in [6, 6.07) is 31.0. The molecule has 0 aliphatic carbocycles. The van der Waals surface area contributed by atoms with Crippen LogP contribution in [0.5, 0.6) is 5.75 Å². The van der Waals surface area contributed by atoms with Gasteiger partial charge in [0.25, 0.3) is 11.8 Å². The minimum absolute atomic E-state index is 0.0175. The molecule has 0 bridgehead atoms. The molecule has 3 aromatic carbocycles. The number of allylic oxidation sites excluding steroid dienone is 2. The Kier molecular flexibility index (Phi) is 15.2. The third-order valence-corrected chi connectivity index (χ3v) is 12.2. The molecule has 2 aromatic heterocycles. The van der Waals surface area contributed by atoms with Gasteiger partial charge in [0.1, 0.15) is 41.8 Å². The Morgan fingerprint density at radius 2 is 1.62 bits per heavy atom. The number of thiazole rings is 1. The molecule has 4 heterocycles. The third-order valence-electron chi connectivity index (χ3n) is 10.2. The summed E-state index contributed by atoms with van der Waals surface area (Å²) in [5, 5.41) is 8.49. The molecule has 0 spiro atoms. The van der Waals surface area contributed by atoms with Crippen molar-refractivity contribution in [2.24, 2.45) is 11.1 Å². The largest absolute Gasteiger partial charge is 0.488 e. The molecule has 1 saturated heterocycles. The van der Waals surface area contributed by atoms with Crippen molar-refractivity contribution in [3.63, 3.8) is 0 Å². The van der Waals surface area contributed by atoms with E-state index >= 15 is 0 Å². The average molecular weight is 913 g/mol. The molecule has 65 heavy (non-hydrogen) atoms. The number of fused-ring (bicyclic) bond motifs is 1. The normalized spacial score (nSPS) is 16.5. The summed E-state index contributed by atoms with van der Waals surface area (Å²) >= 11 is 2.47. The van der Waals surface area contributed by atoms with Crippen LogP contribution in [-0.2, 0) is 39.1 Å². The number of thioether (sulfide) groups is 1. The summed E-state index contributed by atoms with van der Waals surface area (Å²) in [6.07, 6.45) is 8.77. The molecule has 7 rings (SSSR count). The summed E-state index contributed by atoms with van der Waals surface area (Å²) in [6.45, 7) is 5.66. The number of β-lactam (4-membered cyclic amide) rings is 1. The number of rotatable bonds is 19. The maximum atomic E-state index is 14.5. The fraction of sp³-hybridized carbons (Fsp3) is 0.245. The number of nitrogen functional groups attached to an aromatic ring is 1. The zero-order valence-corrected chi connectivity index (χ0v) is 37.6. The van der Waals surface area contributed by atoms with Crippen molar-refractivity contribution < 1.29 is 38.2 Å². The molecular formula is C49H48N6O8S2. The second kappa shape index (κ2) is 21.6. The van der Waals surface area contributed by atoms with Crippen molar-refractivity contribution in [1.29, 1.82) is 0 Å². The molecule has 5 aromatic rings. The van der Waals surface area contributed by atoms with Gasteiger partial charge in [-0.05, 0) is 36.1 Å². The van der Waals surface area contributed by atoms with Crippen molar-refractivity contribution in [3.8, 4) is 5.75 Å². The van der Waals surface area contributed by atoms with E-state index in [4.69, 9.17) is 24.8 Å². The van der Waals surface area contributed by atoms with Crippen LogP contribution in [-0.4, -0.2) is 81.3 Å². The standard InChI is InChI=1S/C49H48N6O8S2/c1-4-16-33(46(58)61-28-32(2)3)29-62-47(59)42-34(17-15-26-60-38-24-14-25-51-27-38)30-64-45-41(44(57)55(42)45)53-43(56)40(39-31-65-48(50)52-39)54-63-49(35-18-8-5-9-19-35,36-20-10-6-11-21-36)37-22-12-7-13-23-37/h5-25,27,31-32,41,45H,4,26,28-30H2,1-3H3,(H2,50,52)(H,53,56)/b17-15-,33-16+,54-40?/t41-,45-/m1/s1. The summed E-state index contributed by atoms with van der Waals surface area (Å²) in [7, 11) is 0. The molecule has 0 radical (unpaired) electrons. The summed E-state index contributed by atoms with van der Waals surface area (Å²) in [4.78, 5) is 72.2. The first-order valence-corrected chi connectivity index (χ1v) is 22.9. The highest BCUT2D eigenvalue weighted by molar-refractivity contribution is 8.00. The van der Waals surface area contributed by atoms with Crippen LogP contribution >= 0.6 is 23.1 Å². The number of hydrogen-bond acceptors (Lipinski definition) is 14. The lowest BCUT2D eigenvalue weighted by Crippen LogP contribution is -2.71. The van der Waals surface area contributed by atoms with E-state index in [0.717, 1.165) is 28.0 Å². The number of hydrogen-bond donors (Lipinski definition) is 2. The molecule has 334 valence electrons. The highest BCUT2D eigenvalue weighted by atomic mass is 32.2. The lowest BCUT2D eigenvalue weighted by Gasteiger charge is -2.49. The third kappa shape index (κ3) is 10.7. The van der Waals surface area contributed by atoms with E-state index in [9.17, 15) is 19.2 Å². The van der Waals surface area contributed by atoms with Gasteiger partial charge >= 0.3 is 11.9 Å².